The zero-order valence-corrected chi connectivity index (χ0v) is 13.7. The first-order chi connectivity index (χ1) is 11.2. The van der Waals surface area contributed by atoms with E-state index in [2.05, 4.69) is 12.2 Å². The largest absolute Gasteiger partial charge is 0.494 e. The highest BCUT2D eigenvalue weighted by molar-refractivity contribution is 5.94. The van der Waals surface area contributed by atoms with Crippen LogP contribution in [0.15, 0.2) is 48.5 Å². The summed E-state index contributed by atoms with van der Waals surface area (Å²) in [5.41, 5.74) is 1.63. The van der Waals surface area contributed by atoms with Gasteiger partial charge in [-0.15, -0.1) is 0 Å². The molecule has 0 bridgehead atoms. The minimum Gasteiger partial charge on any atom is -0.494 e. The van der Waals surface area contributed by atoms with Crippen LogP contribution in [0.5, 0.6) is 11.5 Å². The first-order valence-corrected chi connectivity index (χ1v) is 7.95. The van der Waals surface area contributed by atoms with Gasteiger partial charge in [0.2, 0.25) is 0 Å². The van der Waals surface area contributed by atoms with E-state index in [-0.39, 0.29) is 5.91 Å². The number of carbonyl (C=O) groups excluding carboxylic acids is 1. The van der Waals surface area contributed by atoms with Gasteiger partial charge in [-0.25, -0.2) is 0 Å². The molecule has 1 N–H and O–H groups in total. The molecule has 0 saturated heterocycles. The second-order valence-electron chi connectivity index (χ2n) is 5.14. The number of nitrogens with one attached hydrogen (secondary N) is 1. The Balaban J connectivity index is 1.90. The highest BCUT2D eigenvalue weighted by Crippen LogP contribution is 2.14. The van der Waals surface area contributed by atoms with Crippen LogP contribution >= 0.6 is 0 Å². The van der Waals surface area contributed by atoms with Crippen LogP contribution in [0.2, 0.25) is 0 Å². The summed E-state index contributed by atoms with van der Waals surface area (Å²) < 4.78 is 11.0. The molecule has 0 spiro atoms. The van der Waals surface area contributed by atoms with Crippen LogP contribution < -0.4 is 14.8 Å². The molecule has 2 rings (SSSR count). The summed E-state index contributed by atoms with van der Waals surface area (Å²) in [4.78, 5) is 12.2. The number of hydrogen-bond donors (Lipinski definition) is 1. The fraction of sp³-hybridized carbons (Fsp3) is 0.316. The zero-order valence-electron chi connectivity index (χ0n) is 13.7. The number of amides is 1. The lowest BCUT2D eigenvalue weighted by atomic mass is 10.2. The molecular weight excluding hydrogens is 290 g/mol. The molecule has 0 saturated carbocycles. The molecule has 2 aromatic carbocycles. The van der Waals surface area contributed by atoms with Crippen LogP contribution in [-0.2, 0) is 6.54 Å². The molecule has 0 unspecified atom stereocenters. The van der Waals surface area contributed by atoms with E-state index in [1.54, 1.807) is 12.1 Å². The van der Waals surface area contributed by atoms with Crippen molar-refractivity contribution in [3.05, 3.63) is 59.7 Å². The van der Waals surface area contributed by atoms with E-state index in [1.807, 2.05) is 43.3 Å². The topological polar surface area (TPSA) is 47.6 Å². The van der Waals surface area contributed by atoms with Crippen LogP contribution in [0, 0.1) is 0 Å². The third-order valence-electron chi connectivity index (χ3n) is 3.25. The van der Waals surface area contributed by atoms with Gasteiger partial charge in [-0.3, -0.25) is 4.79 Å². The molecule has 0 atom stereocenters. The number of carbonyl (C=O) groups is 1. The van der Waals surface area contributed by atoms with E-state index in [4.69, 9.17) is 9.47 Å². The van der Waals surface area contributed by atoms with E-state index in [0.717, 1.165) is 23.5 Å². The zero-order chi connectivity index (χ0) is 16.5. The van der Waals surface area contributed by atoms with E-state index >= 15 is 0 Å². The summed E-state index contributed by atoms with van der Waals surface area (Å²) in [5.74, 6) is 1.50. The SMILES string of the molecule is CCCOc1ccc(C(=O)NCc2cccc(OCC)c2)cc1. The van der Waals surface area contributed by atoms with Crippen molar-refractivity contribution in [3.63, 3.8) is 0 Å². The van der Waals surface area contributed by atoms with Gasteiger partial charge in [0.05, 0.1) is 13.2 Å². The third-order valence-corrected chi connectivity index (χ3v) is 3.25. The maximum absolute atomic E-state index is 12.2. The predicted octanol–water partition coefficient (Wildman–Crippen LogP) is 3.80. The van der Waals surface area contributed by atoms with Crippen molar-refractivity contribution in [2.75, 3.05) is 13.2 Å². The highest BCUT2D eigenvalue weighted by atomic mass is 16.5. The molecule has 0 aliphatic carbocycles. The Labute approximate surface area is 137 Å². The van der Waals surface area contributed by atoms with Crippen molar-refractivity contribution in [3.8, 4) is 11.5 Å². The Hall–Kier alpha value is -2.49. The van der Waals surface area contributed by atoms with Gasteiger partial charge in [0, 0.05) is 12.1 Å². The second kappa shape index (κ2) is 8.83. The molecule has 4 heteroatoms. The van der Waals surface area contributed by atoms with Crippen molar-refractivity contribution < 1.29 is 14.3 Å². The minimum absolute atomic E-state index is 0.103. The molecule has 0 heterocycles. The van der Waals surface area contributed by atoms with Gasteiger partial charge in [0.1, 0.15) is 11.5 Å². The number of rotatable bonds is 8. The van der Waals surface area contributed by atoms with Crippen LogP contribution in [0.1, 0.15) is 36.2 Å². The Morgan fingerprint density at radius 3 is 2.48 bits per heavy atom. The van der Waals surface area contributed by atoms with Crippen molar-refractivity contribution in [1.82, 2.24) is 5.32 Å². The van der Waals surface area contributed by atoms with E-state index < -0.39 is 0 Å². The summed E-state index contributed by atoms with van der Waals surface area (Å²) in [7, 11) is 0. The quantitative estimate of drug-likeness (QED) is 0.806. The molecule has 0 aliphatic heterocycles. The summed E-state index contributed by atoms with van der Waals surface area (Å²) in [6, 6.07) is 14.9. The van der Waals surface area contributed by atoms with E-state index in [1.165, 1.54) is 0 Å². The third kappa shape index (κ3) is 5.33. The fourth-order valence-corrected chi connectivity index (χ4v) is 2.12. The van der Waals surface area contributed by atoms with Gasteiger partial charge in [-0.05, 0) is 55.3 Å². The fourth-order valence-electron chi connectivity index (χ4n) is 2.12. The number of benzene rings is 2. The minimum atomic E-state index is -0.103. The van der Waals surface area contributed by atoms with Crippen molar-refractivity contribution in [2.45, 2.75) is 26.8 Å². The molecule has 0 radical (unpaired) electrons. The summed E-state index contributed by atoms with van der Waals surface area (Å²) in [5, 5.41) is 2.91. The molecule has 122 valence electrons. The van der Waals surface area contributed by atoms with Crippen LogP contribution in [-0.4, -0.2) is 19.1 Å². The van der Waals surface area contributed by atoms with Gasteiger partial charge in [-0.1, -0.05) is 19.1 Å². The number of ether oxygens (including phenoxy) is 2. The Morgan fingerprint density at radius 1 is 1.00 bits per heavy atom. The molecule has 0 aromatic heterocycles. The van der Waals surface area contributed by atoms with Crippen molar-refractivity contribution in [1.29, 1.82) is 0 Å². The number of hydrogen-bond acceptors (Lipinski definition) is 3. The Morgan fingerprint density at radius 2 is 1.78 bits per heavy atom. The van der Waals surface area contributed by atoms with Crippen molar-refractivity contribution >= 4 is 5.91 Å². The van der Waals surface area contributed by atoms with Crippen molar-refractivity contribution in [2.24, 2.45) is 0 Å². The van der Waals surface area contributed by atoms with Gasteiger partial charge >= 0.3 is 0 Å². The second-order valence-corrected chi connectivity index (χ2v) is 5.14. The summed E-state index contributed by atoms with van der Waals surface area (Å²) >= 11 is 0. The van der Waals surface area contributed by atoms with Gasteiger partial charge in [-0.2, -0.15) is 0 Å². The highest BCUT2D eigenvalue weighted by Gasteiger charge is 2.06. The molecular formula is C19H23NO3. The average Bonchev–Trinajstić information content (AvgIpc) is 2.59. The molecule has 4 nitrogen and oxygen atoms in total. The Kier molecular flexibility index (Phi) is 6.48. The van der Waals surface area contributed by atoms with Gasteiger partial charge in [0.15, 0.2) is 0 Å². The van der Waals surface area contributed by atoms with E-state index in [9.17, 15) is 4.79 Å². The average molecular weight is 313 g/mol. The lowest BCUT2D eigenvalue weighted by Gasteiger charge is -2.09. The maximum atomic E-state index is 12.2. The predicted molar refractivity (Wildman–Crippen MR) is 91.0 cm³/mol. The lowest BCUT2D eigenvalue weighted by Crippen LogP contribution is -2.22. The van der Waals surface area contributed by atoms with Crippen LogP contribution in [0.4, 0.5) is 0 Å². The molecule has 1 amide bonds. The Bertz CT molecular complexity index is 623. The molecule has 0 fully saturated rings. The smallest absolute Gasteiger partial charge is 0.251 e. The molecule has 2 aromatic rings. The first kappa shape index (κ1) is 16.9. The van der Waals surface area contributed by atoms with Crippen LogP contribution in [0.3, 0.4) is 0 Å². The maximum Gasteiger partial charge on any atom is 0.251 e. The lowest BCUT2D eigenvalue weighted by molar-refractivity contribution is 0.0951. The van der Waals surface area contributed by atoms with E-state index in [0.29, 0.717) is 25.3 Å². The molecule has 0 aliphatic rings. The normalized spacial score (nSPS) is 10.2. The summed E-state index contributed by atoms with van der Waals surface area (Å²) in [6.45, 7) is 5.78. The molecule has 23 heavy (non-hydrogen) atoms. The first-order valence-electron chi connectivity index (χ1n) is 7.95. The standard InChI is InChI=1S/C19H23NO3/c1-3-12-23-17-10-8-16(9-11-17)19(21)20-14-15-6-5-7-18(13-15)22-4-2/h5-11,13H,3-4,12,14H2,1-2H3,(H,20,21). The van der Waals surface area contributed by atoms with Gasteiger partial charge < -0.3 is 14.8 Å². The van der Waals surface area contributed by atoms with Crippen LogP contribution in [0.25, 0.3) is 0 Å². The summed E-state index contributed by atoms with van der Waals surface area (Å²) in [6.07, 6.45) is 0.961. The van der Waals surface area contributed by atoms with Gasteiger partial charge in [0.25, 0.3) is 5.91 Å². The monoisotopic (exact) mass is 313 g/mol.